The first-order chi connectivity index (χ1) is 12.8. The number of aryl methyl sites for hydroxylation is 1. The van der Waals surface area contributed by atoms with Gasteiger partial charge in [-0.05, 0) is 47.0 Å². The van der Waals surface area contributed by atoms with E-state index in [-0.39, 0.29) is 36.1 Å². The van der Waals surface area contributed by atoms with Gasteiger partial charge in [0.2, 0.25) is 0 Å². The lowest BCUT2D eigenvalue weighted by molar-refractivity contribution is 0.0104. The van der Waals surface area contributed by atoms with Crippen LogP contribution in [0.5, 0.6) is 0 Å². The highest BCUT2D eigenvalue weighted by atomic mass is 127. The number of aromatic nitrogens is 1. The van der Waals surface area contributed by atoms with Crippen LogP contribution in [0.25, 0.3) is 0 Å². The number of likely N-dealkylation sites (tertiary alicyclic amines) is 1. The highest BCUT2D eigenvalue weighted by Crippen LogP contribution is 2.20. The monoisotopic (exact) mass is 523 g/mol. The van der Waals surface area contributed by atoms with E-state index in [1.54, 1.807) is 18.4 Å². The molecule has 1 aromatic rings. The van der Waals surface area contributed by atoms with Crippen LogP contribution < -0.4 is 10.6 Å². The molecule has 0 spiro atoms. The van der Waals surface area contributed by atoms with Gasteiger partial charge in [-0.2, -0.15) is 0 Å². The van der Waals surface area contributed by atoms with Crippen molar-refractivity contribution in [3.63, 3.8) is 0 Å². The van der Waals surface area contributed by atoms with Crippen molar-refractivity contribution in [3.8, 4) is 0 Å². The van der Waals surface area contributed by atoms with Crippen molar-refractivity contribution >= 4 is 47.4 Å². The standard InChI is InChI=1S/C19H33N5O2S.HI/c1-14-23-15(13-27-14)9-10-21-17(20-5)22-12-16-8-6-7-11-24(16)18(25)26-19(2,3)4;/h13,16H,6-12H2,1-5H3,(H2,20,21,22);1H. The highest BCUT2D eigenvalue weighted by molar-refractivity contribution is 14.0. The molecule has 1 atom stereocenters. The Labute approximate surface area is 189 Å². The van der Waals surface area contributed by atoms with Gasteiger partial charge in [-0.15, -0.1) is 35.3 Å². The van der Waals surface area contributed by atoms with Crippen LogP contribution in [0.1, 0.15) is 50.7 Å². The first-order valence-corrected chi connectivity index (χ1v) is 10.5. The van der Waals surface area contributed by atoms with E-state index in [0.29, 0.717) is 6.54 Å². The second-order valence-corrected chi connectivity index (χ2v) is 8.87. The smallest absolute Gasteiger partial charge is 0.410 e. The molecular formula is C19H34IN5O2S. The number of carbonyl (C=O) groups excluding carboxylic acids is 1. The molecule has 1 aromatic heterocycles. The number of carbonyl (C=O) groups is 1. The van der Waals surface area contributed by atoms with E-state index >= 15 is 0 Å². The number of amides is 1. The van der Waals surface area contributed by atoms with Crippen molar-refractivity contribution in [1.29, 1.82) is 0 Å². The number of nitrogens with zero attached hydrogens (tertiary/aromatic N) is 3. The van der Waals surface area contributed by atoms with E-state index in [1.165, 1.54) is 0 Å². The third-order valence-electron chi connectivity index (χ3n) is 4.32. The minimum Gasteiger partial charge on any atom is -0.444 e. The SMILES string of the molecule is CN=C(NCCc1csc(C)n1)NCC1CCCCN1C(=O)OC(C)(C)C.I. The fourth-order valence-electron chi connectivity index (χ4n) is 3.04. The number of nitrogens with one attached hydrogen (secondary N) is 2. The summed E-state index contributed by atoms with van der Waals surface area (Å²) < 4.78 is 5.56. The molecule has 2 heterocycles. The first-order valence-electron chi connectivity index (χ1n) is 9.63. The molecular weight excluding hydrogens is 489 g/mol. The Bertz CT molecular complexity index is 645. The molecule has 1 amide bonds. The summed E-state index contributed by atoms with van der Waals surface area (Å²) in [6.45, 7) is 9.89. The molecule has 1 aliphatic rings. The maximum absolute atomic E-state index is 12.5. The predicted molar refractivity (Wildman–Crippen MR) is 126 cm³/mol. The fourth-order valence-corrected chi connectivity index (χ4v) is 3.69. The van der Waals surface area contributed by atoms with E-state index in [0.717, 1.165) is 55.4 Å². The van der Waals surface area contributed by atoms with Gasteiger partial charge in [-0.25, -0.2) is 9.78 Å². The third kappa shape index (κ3) is 8.50. The molecule has 1 unspecified atom stereocenters. The molecule has 160 valence electrons. The van der Waals surface area contributed by atoms with Crippen molar-refractivity contribution in [2.75, 3.05) is 26.7 Å². The number of hydrogen-bond acceptors (Lipinski definition) is 5. The van der Waals surface area contributed by atoms with Crippen molar-refractivity contribution in [2.24, 2.45) is 4.99 Å². The second-order valence-electron chi connectivity index (χ2n) is 7.81. The first kappa shape index (κ1) is 24.9. The molecule has 0 aliphatic carbocycles. The molecule has 0 aromatic carbocycles. The quantitative estimate of drug-likeness (QED) is 0.351. The average molecular weight is 523 g/mol. The maximum atomic E-state index is 12.5. The van der Waals surface area contributed by atoms with E-state index < -0.39 is 5.60 Å². The molecule has 0 saturated carbocycles. The molecule has 2 N–H and O–H groups in total. The minimum atomic E-state index is -0.474. The zero-order valence-corrected chi connectivity index (χ0v) is 20.7. The van der Waals surface area contributed by atoms with Crippen LogP contribution in [-0.2, 0) is 11.2 Å². The average Bonchev–Trinajstić information content (AvgIpc) is 3.02. The Morgan fingerprint density at radius 2 is 2.14 bits per heavy atom. The van der Waals surface area contributed by atoms with Crippen LogP contribution in [0.3, 0.4) is 0 Å². The van der Waals surface area contributed by atoms with Gasteiger partial charge in [0, 0.05) is 38.5 Å². The van der Waals surface area contributed by atoms with Crippen LogP contribution in [0.2, 0.25) is 0 Å². The zero-order chi connectivity index (χ0) is 19.9. The van der Waals surface area contributed by atoms with Gasteiger partial charge in [0.1, 0.15) is 5.60 Å². The van der Waals surface area contributed by atoms with Gasteiger partial charge >= 0.3 is 6.09 Å². The minimum absolute atomic E-state index is 0. The van der Waals surface area contributed by atoms with Gasteiger partial charge in [0.25, 0.3) is 0 Å². The van der Waals surface area contributed by atoms with Crippen LogP contribution in [-0.4, -0.2) is 60.3 Å². The number of halogens is 1. The summed E-state index contributed by atoms with van der Waals surface area (Å²) in [6.07, 6.45) is 3.76. The summed E-state index contributed by atoms with van der Waals surface area (Å²) in [4.78, 5) is 23.1. The second kappa shape index (κ2) is 11.8. The normalized spacial score (nSPS) is 17.7. The topological polar surface area (TPSA) is 78.9 Å². The van der Waals surface area contributed by atoms with Crippen LogP contribution >= 0.6 is 35.3 Å². The number of rotatable bonds is 5. The number of hydrogen-bond donors (Lipinski definition) is 2. The molecule has 28 heavy (non-hydrogen) atoms. The predicted octanol–water partition coefficient (Wildman–Crippen LogP) is 3.57. The summed E-state index contributed by atoms with van der Waals surface area (Å²) >= 11 is 1.67. The number of thiazole rings is 1. The molecule has 1 saturated heterocycles. The van der Waals surface area contributed by atoms with Crippen molar-refractivity contribution < 1.29 is 9.53 Å². The Kier molecular flexibility index (Phi) is 10.5. The lowest BCUT2D eigenvalue weighted by atomic mass is 10.0. The Balaban J connectivity index is 0.00000392. The Morgan fingerprint density at radius 1 is 1.39 bits per heavy atom. The summed E-state index contributed by atoms with van der Waals surface area (Å²) in [7, 11) is 1.76. The number of piperidine rings is 1. The number of aliphatic imine (C=N–C) groups is 1. The summed E-state index contributed by atoms with van der Waals surface area (Å²) in [6, 6.07) is 0.119. The maximum Gasteiger partial charge on any atom is 0.410 e. The number of ether oxygens (including phenoxy) is 1. The van der Waals surface area contributed by atoms with Crippen LogP contribution in [0.4, 0.5) is 4.79 Å². The van der Waals surface area contributed by atoms with Crippen molar-refractivity contribution in [1.82, 2.24) is 20.5 Å². The van der Waals surface area contributed by atoms with Gasteiger partial charge in [-0.1, -0.05) is 0 Å². The van der Waals surface area contributed by atoms with Crippen LogP contribution in [0, 0.1) is 6.92 Å². The largest absolute Gasteiger partial charge is 0.444 e. The molecule has 7 nitrogen and oxygen atoms in total. The molecule has 2 rings (SSSR count). The lowest BCUT2D eigenvalue weighted by Gasteiger charge is -2.37. The number of guanidine groups is 1. The fraction of sp³-hybridized carbons (Fsp3) is 0.737. The summed E-state index contributed by atoms with van der Waals surface area (Å²) in [5.41, 5.74) is 0.627. The van der Waals surface area contributed by atoms with E-state index in [9.17, 15) is 4.79 Å². The third-order valence-corrected chi connectivity index (χ3v) is 5.15. The van der Waals surface area contributed by atoms with Crippen LogP contribution in [0.15, 0.2) is 10.4 Å². The molecule has 1 fully saturated rings. The highest BCUT2D eigenvalue weighted by Gasteiger charge is 2.30. The molecule has 1 aliphatic heterocycles. The van der Waals surface area contributed by atoms with Gasteiger partial charge in [0.05, 0.1) is 16.7 Å². The van der Waals surface area contributed by atoms with E-state index in [4.69, 9.17) is 4.74 Å². The Hall–Kier alpha value is -1.10. The lowest BCUT2D eigenvalue weighted by Crippen LogP contribution is -2.52. The molecule has 9 heteroatoms. The summed E-state index contributed by atoms with van der Waals surface area (Å²) in [5.74, 6) is 0.747. The van der Waals surface area contributed by atoms with Gasteiger partial charge < -0.3 is 20.3 Å². The van der Waals surface area contributed by atoms with Gasteiger partial charge in [-0.3, -0.25) is 4.99 Å². The van der Waals surface area contributed by atoms with E-state index in [2.05, 4.69) is 26.0 Å². The molecule has 0 bridgehead atoms. The molecule has 0 radical (unpaired) electrons. The van der Waals surface area contributed by atoms with E-state index in [1.807, 2.05) is 32.6 Å². The Morgan fingerprint density at radius 3 is 2.75 bits per heavy atom. The zero-order valence-electron chi connectivity index (χ0n) is 17.6. The summed E-state index contributed by atoms with van der Waals surface area (Å²) in [5, 5.41) is 9.85. The van der Waals surface area contributed by atoms with Crippen molar-refractivity contribution in [2.45, 2.75) is 65.0 Å². The van der Waals surface area contributed by atoms with Crippen molar-refractivity contribution in [3.05, 3.63) is 16.1 Å². The van der Waals surface area contributed by atoms with Gasteiger partial charge in [0.15, 0.2) is 5.96 Å².